The second kappa shape index (κ2) is 11.3. The molecule has 2 amide bonds. The first-order valence-corrected chi connectivity index (χ1v) is 11.6. The molecule has 2 N–H and O–H groups in total. The largest absolute Gasteiger partial charge is 0.465 e. The topological polar surface area (TPSA) is 97.4 Å². The molecule has 0 aliphatic heterocycles. The number of halogens is 1. The SMILES string of the molecule is COC(=O)c1ccc(NC(=O)C2CCC(CC(C)C)CC2)c(C(=O)Nc2ccc(Cl)cn2)c1. The van der Waals surface area contributed by atoms with E-state index in [1.807, 2.05) is 0 Å². The van der Waals surface area contributed by atoms with Gasteiger partial charge in [0.05, 0.1) is 28.9 Å². The van der Waals surface area contributed by atoms with Gasteiger partial charge in [-0.1, -0.05) is 25.4 Å². The van der Waals surface area contributed by atoms with Gasteiger partial charge < -0.3 is 15.4 Å². The summed E-state index contributed by atoms with van der Waals surface area (Å²) in [7, 11) is 1.27. The predicted molar refractivity (Wildman–Crippen MR) is 129 cm³/mol. The fourth-order valence-electron chi connectivity index (χ4n) is 4.28. The predicted octanol–water partition coefficient (Wildman–Crippen LogP) is 5.56. The number of amides is 2. The molecule has 33 heavy (non-hydrogen) atoms. The zero-order valence-corrected chi connectivity index (χ0v) is 19.9. The number of methoxy groups -OCH3 is 1. The Labute approximate surface area is 199 Å². The minimum atomic E-state index is -0.574. The van der Waals surface area contributed by atoms with Crippen LogP contribution >= 0.6 is 11.6 Å². The summed E-state index contributed by atoms with van der Waals surface area (Å²) in [6.45, 7) is 4.45. The summed E-state index contributed by atoms with van der Waals surface area (Å²) < 4.78 is 4.77. The Kier molecular flexibility index (Phi) is 8.44. The van der Waals surface area contributed by atoms with Gasteiger partial charge in [-0.3, -0.25) is 9.59 Å². The summed E-state index contributed by atoms with van der Waals surface area (Å²) in [5.41, 5.74) is 0.693. The number of esters is 1. The van der Waals surface area contributed by atoms with Gasteiger partial charge in [0.15, 0.2) is 0 Å². The molecule has 1 fully saturated rings. The molecule has 1 saturated carbocycles. The smallest absolute Gasteiger partial charge is 0.337 e. The van der Waals surface area contributed by atoms with Crippen molar-refractivity contribution in [1.82, 2.24) is 4.98 Å². The molecule has 0 unspecified atom stereocenters. The second-order valence-electron chi connectivity index (χ2n) is 8.90. The number of aromatic nitrogens is 1. The van der Waals surface area contributed by atoms with Crippen LogP contribution in [-0.2, 0) is 9.53 Å². The van der Waals surface area contributed by atoms with E-state index < -0.39 is 11.9 Å². The Bertz CT molecular complexity index is 999. The zero-order valence-electron chi connectivity index (χ0n) is 19.2. The number of pyridine rings is 1. The van der Waals surface area contributed by atoms with E-state index >= 15 is 0 Å². The summed E-state index contributed by atoms with van der Waals surface area (Å²) in [5, 5.41) is 6.02. The number of carbonyl (C=O) groups is 3. The average molecular weight is 472 g/mol. The molecule has 0 bridgehead atoms. The maximum Gasteiger partial charge on any atom is 0.337 e. The van der Waals surface area contributed by atoms with Gasteiger partial charge in [-0.15, -0.1) is 0 Å². The maximum atomic E-state index is 13.0. The van der Waals surface area contributed by atoms with Gasteiger partial charge >= 0.3 is 5.97 Å². The molecule has 0 atom stereocenters. The number of ether oxygens (including phenoxy) is 1. The monoisotopic (exact) mass is 471 g/mol. The van der Waals surface area contributed by atoms with Crippen molar-refractivity contribution in [3.8, 4) is 0 Å². The second-order valence-corrected chi connectivity index (χ2v) is 9.34. The van der Waals surface area contributed by atoms with Crippen molar-refractivity contribution < 1.29 is 19.1 Å². The van der Waals surface area contributed by atoms with E-state index in [0.29, 0.717) is 28.4 Å². The van der Waals surface area contributed by atoms with Crippen LogP contribution in [-0.4, -0.2) is 29.9 Å². The number of nitrogens with zero attached hydrogens (tertiary/aromatic N) is 1. The molecule has 7 nitrogen and oxygen atoms in total. The third kappa shape index (κ3) is 6.78. The molecule has 8 heteroatoms. The number of nitrogens with one attached hydrogen (secondary N) is 2. The van der Waals surface area contributed by atoms with Crippen LogP contribution in [0.1, 0.15) is 66.7 Å². The van der Waals surface area contributed by atoms with Gasteiger partial charge in [0.1, 0.15) is 5.82 Å². The fourth-order valence-corrected chi connectivity index (χ4v) is 4.39. The molecule has 3 rings (SSSR count). The first-order valence-electron chi connectivity index (χ1n) is 11.2. The van der Waals surface area contributed by atoms with E-state index in [2.05, 4.69) is 29.5 Å². The van der Waals surface area contributed by atoms with Crippen molar-refractivity contribution >= 4 is 40.9 Å². The highest BCUT2D eigenvalue weighted by atomic mass is 35.5. The Balaban J connectivity index is 1.76. The Morgan fingerprint density at radius 1 is 1.09 bits per heavy atom. The number of hydrogen-bond donors (Lipinski definition) is 2. The molecule has 2 aromatic rings. The van der Waals surface area contributed by atoms with Gasteiger partial charge in [0.25, 0.3) is 5.91 Å². The number of anilines is 2. The van der Waals surface area contributed by atoms with Crippen molar-refractivity contribution in [1.29, 1.82) is 0 Å². The molecular weight excluding hydrogens is 442 g/mol. The maximum absolute atomic E-state index is 13.0. The highest BCUT2D eigenvalue weighted by Gasteiger charge is 2.28. The van der Waals surface area contributed by atoms with Crippen molar-refractivity contribution in [3.63, 3.8) is 0 Å². The van der Waals surface area contributed by atoms with Crippen molar-refractivity contribution in [2.24, 2.45) is 17.8 Å². The highest BCUT2D eigenvalue weighted by Crippen LogP contribution is 2.33. The molecule has 0 saturated heterocycles. The highest BCUT2D eigenvalue weighted by molar-refractivity contribution is 6.30. The van der Waals surface area contributed by atoms with E-state index in [1.165, 1.54) is 31.9 Å². The standard InChI is InChI=1S/C25H30ClN3O4/c1-15(2)12-16-4-6-17(7-5-16)23(30)28-21-10-8-18(25(32)33-3)13-20(21)24(31)29-22-11-9-19(26)14-27-22/h8-11,13-17H,4-7,12H2,1-3H3,(H,28,30)(H,27,29,31). The van der Waals surface area contributed by atoms with Gasteiger partial charge in [0.2, 0.25) is 5.91 Å². The third-order valence-electron chi connectivity index (χ3n) is 5.93. The van der Waals surface area contributed by atoms with Crippen LogP contribution in [0.25, 0.3) is 0 Å². The third-order valence-corrected chi connectivity index (χ3v) is 6.16. The van der Waals surface area contributed by atoms with Gasteiger partial charge in [-0.2, -0.15) is 0 Å². The molecule has 1 aromatic heterocycles. The summed E-state index contributed by atoms with van der Waals surface area (Å²) in [6.07, 6.45) is 6.34. The van der Waals surface area contributed by atoms with Crippen LogP contribution in [0.2, 0.25) is 5.02 Å². The molecule has 0 spiro atoms. The number of rotatable bonds is 7. The van der Waals surface area contributed by atoms with E-state index in [0.717, 1.165) is 25.7 Å². The quantitative estimate of drug-likeness (QED) is 0.515. The van der Waals surface area contributed by atoms with Crippen molar-refractivity contribution in [2.45, 2.75) is 46.0 Å². The van der Waals surface area contributed by atoms with Crippen LogP contribution in [0.5, 0.6) is 0 Å². The Hall–Kier alpha value is -2.93. The van der Waals surface area contributed by atoms with Crippen molar-refractivity contribution in [2.75, 3.05) is 17.7 Å². The minimum Gasteiger partial charge on any atom is -0.465 e. The summed E-state index contributed by atoms with van der Waals surface area (Å²) in [6, 6.07) is 7.66. The van der Waals surface area contributed by atoms with E-state index in [4.69, 9.17) is 16.3 Å². The molecule has 176 valence electrons. The molecule has 1 aliphatic rings. The van der Waals surface area contributed by atoms with Gasteiger partial charge in [-0.05, 0) is 74.3 Å². The van der Waals surface area contributed by atoms with Gasteiger partial charge in [-0.25, -0.2) is 9.78 Å². The number of carbonyl (C=O) groups excluding carboxylic acids is 3. The number of hydrogen-bond acceptors (Lipinski definition) is 5. The van der Waals surface area contributed by atoms with E-state index in [1.54, 1.807) is 18.2 Å². The Morgan fingerprint density at radius 2 is 1.82 bits per heavy atom. The molecule has 0 radical (unpaired) electrons. The van der Waals surface area contributed by atoms with Gasteiger partial charge in [0, 0.05) is 12.1 Å². The first kappa shape index (κ1) is 24.7. The zero-order chi connectivity index (χ0) is 24.0. The minimum absolute atomic E-state index is 0.0949. The van der Waals surface area contributed by atoms with E-state index in [9.17, 15) is 14.4 Å². The van der Waals surface area contributed by atoms with Crippen LogP contribution in [0.4, 0.5) is 11.5 Å². The molecule has 1 aromatic carbocycles. The summed E-state index contributed by atoms with van der Waals surface area (Å²) in [4.78, 5) is 42.0. The van der Waals surface area contributed by atoms with Crippen LogP contribution in [0, 0.1) is 17.8 Å². The van der Waals surface area contributed by atoms with E-state index in [-0.39, 0.29) is 23.0 Å². The normalized spacial score (nSPS) is 18.0. The lowest BCUT2D eigenvalue weighted by atomic mass is 9.78. The Morgan fingerprint density at radius 3 is 2.42 bits per heavy atom. The van der Waals surface area contributed by atoms with Crippen molar-refractivity contribution in [3.05, 3.63) is 52.7 Å². The first-order chi connectivity index (χ1) is 15.8. The molecular formula is C25H30ClN3O4. The lowest BCUT2D eigenvalue weighted by Crippen LogP contribution is -2.28. The van der Waals surface area contributed by atoms with Crippen LogP contribution < -0.4 is 10.6 Å². The van der Waals surface area contributed by atoms with Crippen LogP contribution in [0.3, 0.4) is 0 Å². The lowest BCUT2D eigenvalue weighted by Gasteiger charge is -2.29. The number of benzene rings is 1. The molecule has 1 heterocycles. The van der Waals surface area contributed by atoms with Crippen LogP contribution in [0.15, 0.2) is 36.5 Å². The lowest BCUT2D eigenvalue weighted by molar-refractivity contribution is -0.121. The molecule has 1 aliphatic carbocycles. The summed E-state index contributed by atoms with van der Waals surface area (Å²) in [5.74, 6) is 0.340. The average Bonchev–Trinajstić information content (AvgIpc) is 2.80. The fraction of sp³-hybridized carbons (Fsp3) is 0.440. The summed E-state index contributed by atoms with van der Waals surface area (Å²) >= 11 is 5.85.